The fourth-order valence-electron chi connectivity index (χ4n) is 2.16. The predicted octanol–water partition coefficient (Wildman–Crippen LogP) is 2.75. The summed E-state index contributed by atoms with van der Waals surface area (Å²) in [6.45, 7) is 1.91. The van der Waals surface area contributed by atoms with Crippen molar-refractivity contribution < 1.29 is 9.72 Å². The van der Waals surface area contributed by atoms with Gasteiger partial charge in [-0.2, -0.15) is 0 Å². The zero-order valence-electron chi connectivity index (χ0n) is 14.4. The number of carbonyl (C=O) groups excluding carboxylic acids is 1. The summed E-state index contributed by atoms with van der Waals surface area (Å²) in [6, 6.07) is 6.11. The standard InChI is InChI=1S/C15H15N7O3S2/c1-3-11(26-15-20-16-8-21(15)2)12(23)17-14-19-18-13(27-14)9-5-4-6-10(7-9)22(24)25/h4-8,11H,3H2,1-2H3,(H,17,19,23)/t11-/m0/s1. The molecule has 27 heavy (non-hydrogen) atoms. The highest BCUT2D eigenvalue weighted by atomic mass is 32.2. The topological polar surface area (TPSA) is 129 Å². The van der Waals surface area contributed by atoms with E-state index in [-0.39, 0.29) is 16.8 Å². The molecule has 2 aromatic heterocycles. The van der Waals surface area contributed by atoms with E-state index in [1.54, 1.807) is 23.0 Å². The van der Waals surface area contributed by atoms with Crippen LogP contribution in [-0.2, 0) is 11.8 Å². The van der Waals surface area contributed by atoms with E-state index in [2.05, 4.69) is 25.7 Å². The molecule has 1 amide bonds. The van der Waals surface area contributed by atoms with Gasteiger partial charge in [0.2, 0.25) is 11.0 Å². The van der Waals surface area contributed by atoms with Crippen LogP contribution in [0.15, 0.2) is 35.7 Å². The lowest BCUT2D eigenvalue weighted by Crippen LogP contribution is -2.24. The molecular formula is C15H15N7O3S2. The molecule has 0 saturated heterocycles. The number of rotatable bonds is 7. The van der Waals surface area contributed by atoms with E-state index in [1.165, 1.54) is 23.9 Å². The van der Waals surface area contributed by atoms with Crippen LogP contribution < -0.4 is 5.32 Å². The molecule has 0 radical (unpaired) electrons. The first kappa shape index (κ1) is 18.9. The van der Waals surface area contributed by atoms with Gasteiger partial charge in [0.25, 0.3) is 5.69 Å². The molecule has 1 aromatic carbocycles. The van der Waals surface area contributed by atoms with Crippen LogP contribution in [0.1, 0.15) is 13.3 Å². The number of amides is 1. The Hall–Kier alpha value is -2.86. The van der Waals surface area contributed by atoms with Crippen molar-refractivity contribution in [3.8, 4) is 10.6 Å². The number of nitro groups is 1. The summed E-state index contributed by atoms with van der Waals surface area (Å²) in [4.78, 5) is 23.0. The number of benzene rings is 1. The minimum absolute atomic E-state index is 0.0283. The molecule has 3 aromatic rings. The molecule has 1 N–H and O–H groups in total. The maximum atomic E-state index is 12.5. The van der Waals surface area contributed by atoms with Gasteiger partial charge < -0.3 is 4.57 Å². The molecule has 12 heteroatoms. The maximum Gasteiger partial charge on any atom is 0.270 e. The highest BCUT2D eigenvalue weighted by molar-refractivity contribution is 8.00. The smallest absolute Gasteiger partial charge is 0.270 e. The summed E-state index contributed by atoms with van der Waals surface area (Å²) in [5.41, 5.74) is 0.544. The molecule has 0 aliphatic carbocycles. The van der Waals surface area contributed by atoms with Gasteiger partial charge in [-0.3, -0.25) is 20.2 Å². The molecule has 3 rings (SSSR count). The maximum absolute atomic E-state index is 12.5. The minimum Gasteiger partial charge on any atom is -0.312 e. The molecule has 2 heterocycles. The van der Waals surface area contributed by atoms with Crippen LogP contribution in [0.25, 0.3) is 10.6 Å². The second kappa shape index (κ2) is 8.22. The molecule has 0 spiro atoms. The van der Waals surface area contributed by atoms with Gasteiger partial charge in [0.05, 0.1) is 10.2 Å². The molecule has 0 aliphatic heterocycles. The largest absolute Gasteiger partial charge is 0.312 e. The van der Waals surface area contributed by atoms with Crippen molar-refractivity contribution in [2.75, 3.05) is 5.32 Å². The Morgan fingerprint density at radius 3 is 2.89 bits per heavy atom. The van der Waals surface area contributed by atoms with Crippen molar-refractivity contribution in [1.82, 2.24) is 25.0 Å². The van der Waals surface area contributed by atoms with Crippen LogP contribution in [0, 0.1) is 10.1 Å². The summed E-state index contributed by atoms with van der Waals surface area (Å²) in [5, 5.41) is 30.5. The number of nitrogens with one attached hydrogen (secondary N) is 1. The zero-order chi connectivity index (χ0) is 19.4. The third kappa shape index (κ3) is 4.46. The normalized spacial score (nSPS) is 11.9. The molecule has 1 atom stereocenters. The van der Waals surface area contributed by atoms with Gasteiger partial charge in [0, 0.05) is 24.7 Å². The van der Waals surface area contributed by atoms with Crippen molar-refractivity contribution in [3.05, 3.63) is 40.7 Å². The molecule has 0 saturated carbocycles. The third-order valence-corrected chi connectivity index (χ3v) is 5.84. The van der Waals surface area contributed by atoms with Gasteiger partial charge in [-0.1, -0.05) is 42.2 Å². The van der Waals surface area contributed by atoms with E-state index >= 15 is 0 Å². The monoisotopic (exact) mass is 405 g/mol. The molecular weight excluding hydrogens is 390 g/mol. The molecule has 0 fully saturated rings. The SMILES string of the molecule is CC[C@H](Sc1nncn1C)C(=O)Nc1nnc(-c2cccc([N+](=O)[O-])c2)s1. The summed E-state index contributed by atoms with van der Waals surface area (Å²) in [5.74, 6) is -0.216. The fraction of sp³-hybridized carbons (Fsp3) is 0.267. The number of hydrogen-bond donors (Lipinski definition) is 1. The summed E-state index contributed by atoms with van der Waals surface area (Å²) >= 11 is 2.47. The first-order valence-electron chi connectivity index (χ1n) is 7.87. The molecule has 0 unspecified atom stereocenters. The van der Waals surface area contributed by atoms with E-state index in [0.717, 1.165) is 11.3 Å². The summed E-state index contributed by atoms with van der Waals surface area (Å²) in [6.07, 6.45) is 2.17. The van der Waals surface area contributed by atoms with Crippen molar-refractivity contribution in [1.29, 1.82) is 0 Å². The van der Waals surface area contributed by atoms with Crippen LogP contribution in [0.4, 0.5) is 10.8 Å². The van der Waals surface area contributed by atoms with E-state index in [1.807, 2.05) is 14.0 Å². The van der Waals surface area contributed by atoms with Gasteiger partial charge in [0.1, 0.15) is 11.3 Å². The summed E-state index contributed by atoms with van der Waals surface area (Å²) < 4.78 is 1.74. The van der Waals surface area contributed by atoms with Crippen LogP contribution >= 0.6 is 23.1 Å². The minimum atomic E-state index is -0.469. The van der Waals surface area contributed by atoms with E-state index in [9.17, 15) is 14.9 Å². The zero-order valence-corrected chi connectivity index (χ0v) is 16.0. The number of nitro benzene ring substituents is 1. The lowest BCUT2D eigenvalue weighted by atomic mass is 10.2. The number of aryl methyl sites for hydroxylation is 1. The highest BCUT2D eigenvalue weighted by Gasteiger charge is 2.22. The Balaban J connectivity index is 1.71. The number of carbonyl (C=O) groups is 1. The Bertz CT molecular complexity index is 972. The number of non-ortho nitro benzene ring substituents is 1. The first-order chi connectivity index (χ1) is 13.0. The van der Waals surface area contributed by atoms with Gasteiger partial charge in [0.15, 0.2) is 5.16 Å². The molecule has 0 aliphatic rings. The van der Waals surface area contributed by atoms with Gasteiger partial charge >= 0.3 is 0 Å². The highest BCUT2D eigenvalue weighted by Crippen LogP contribution is 2.30. The Kier molecular flexibility index (Phi) is 5.76. The van der Waals surface area contributed by atoms with Gasteiger partial charge in [-0.05, 0) is 6.42 Å². The lowest BCUT2D eigenvalue weighted by molar-refractivity contribution is -0.384. The van der Waals surface area contributed by atoms with Crippen LogP contribution in [0.3, 0.4) is 0 Å². The number of nitrogens with zero attached hydrogens (tertiary/aromatic N) is 6. The number of thioether (sulfide) groups is 1. The Morgan fingerprint density at radius 1 is 1.41 bits per heavy atom. The predicted molar refractivity (Wildman–Crippen MR) is 102 cm³/mol. The van der Waals surface area contributed by atoms with E-state index < -0.39 is 4.92 Å². The van der Waals surface area contributed by atoms with Gasteiger partial charge in [-0.15, -0.1) is 20.4 Å². The van der Waals surface area contributed by atoms with Crippen molar-refractivity contribution in [2.24, 2.45) is 7.05 Å². The quantitative estimate of drug-likeness (QED) is 0.361. The first-order valence-corrected chi connectivity index (χ1v) is 9.57. The average Bonchev–Trinajstić information content (AvgIpc) is 3.28. The lowest BCUT2D eigenvalue weighted by Gasteiger charge is -2.12. The number of aromatic nitrogens is 5. The van der Waals surface area contributed by atoms with Gasteiger partial charge in [-0.25, -0.2) is 0 Å². The molecule has 140 valence electrons. The summed E-state index contributed by atoms with van der Waals surface area (Å²) in [7, 11) is 1.81. The number of anilines is 1. The second-order valence-electron chi connectivity index (χ2n) is 5.45. The molecule has 10 nitrogen and oxygen atoms in total. The van der Waals surface area contributed by atoms with E-state index in [4.69, 9.17) is 0 Å². The van der Waals surface area contributed by atoms with Crippen LogP contribution in [0.2, 0.25) is 0 Å². The van der Waals surface area contributed by atoms with Crippen molar-refractivity contribution in [3.63, 3.8) is 0 Å². The Morgan fingerprint density at radius 2 is 2.22 bits per heavy atom. The molecule has 0 bridgehead atoms. The van der Waals surface area contributed by atoms with Crippen molar-refractivity contribution in [2.45, 2.75) is 23.8 Å². The fourth-order valence-corrected chi connectivity index (χ4v) is 3.80. The average molecular weight is 405 g/mol. The van der Waals surface area contributed by atoms with E-state index in [0.29, 0.717) is 27.3 Å². The number of hydrogen-bond acceptors (Lipinski definition) is 9. The third-order valence-electron chi connectivity index (χ3n) is 3.54. The Labute approximate surface area is 162 Å². The van der Waals surface area contributed by atoms with Crippen LogP contribution in [-0.4, -0.2) is 41.0 Å². The van der Waals surface area contributed by atoms with Crippen LogP contribution in [0.5, 0.6) is 0 Å². The second-order valence-corrected chi connectivity index (χ2v) is 7.60. The van der Waals surface area contributed by atoms with Crippen molar-refractivity contribution >= 4 is 39.8 Å².